The molecule has 0 fully saturated rings. The summed E-state index contributed by atoms with van der Waals surface area (Å²) in [7, 11) is 1.74. The summed E-state index contributed by atoms with van der Waals surface area (Å²) in [5.74, 6) is 1.20. The van der Waals surface area contributed by atoms with Crippen molar-refractivity contribution in [3.63, 3.8) is 0 Å². The molecule has 6 heteroatoms. The number of nitrogens with one attached hydrogen (secondary N) is 2. The molecule has 0 aromatic heterocycles. The third-order valence-electron chi connectivity index (χ3n) is 2.92. The van der Waals surface area contributed by atoms with Gasteiger partial charge in [0.25, 0.3) is 0 Å². The van der Waals surface area contributed by atoms with Gasteiger partial charge in [-0.05, 0) is 39.5 Å². The Hall–Kier alpha value is -0.750. The normalized spacial score (nSPS) is 13.9. The number of nitrogens with two attached hydrogens (primary N) is 1. The van der Waals surface area contributed by atoms with Gasteiger partial charge in [0.2, 0.25) is 11.8 Å². The van der Waals surface area contributed by atoms with E-state index in [0.29, 0.717) is 12.3 Å². The van der Waals surface area contributed by atoms with Crippen LogP contribution in [0.4, 0.5) is 0 Å². The number of hydrogen-bond acceptors (Lipinski definition) is 4. The van der Waals surface area contributed by atoms with Crippen LogP contribution in [0.25, 0.3) is 0 Å². The van der Waals surface area contributed by atoms with E-state index in [2.05, 4.69) is 10.6 Å². The lowest BCUT2D eigenvalue weighted by Gasteiger charge is -2.25. The second-order valence-corrected chi connectivity index (χ2v) is 5.51. The van der Waals surface area contributed by atoms with Gasteiger partial charge in [-0.25, -0.2) is 0 Å². The van der Waals surface area contributed by atoms with E-state index in [0.717, 1.165) is 25.0 Å². The Bertz CT molecular complexity index is 274. The molecule has 0 aliphatic rings. The molecule has 1 atom stereocenters. The molecule has 18 heavy (non-hydrogen) atoms. The molecule has 0 aromatic carbocycles. The Labute approximate surface area is 114 Å². The number of carbonyl (C=O) groups excluding carboxylic acids is 2. The van der Waals surface area contributed by atoms with Gasteiger partial charge in [0.05, 0.1) is 11.3 Å². The van der Waals surface area contributed by atoms with E-state index in [9.17, 15) is 9.59 Å². The third kappa shape index (κ3) is 6.86. The first-order chi connectivity index (χ1) is 8.46. The zero-order chi connectivity index (χ0) is 14.0. The highest BCUT2D eigenvalue weighted by Crippen LogP contribution is 2.14. The molecular formula is C12H25N3O2S. The standard InChI is InChI=1S/C12H25N3O2S/c1-4-15-10(16)9-18-8-6-5-7-12(2,14-3)11(13)17/h14H,4-9H2,1-3H3,(H2,13,17)(H,15,16). The van der Waals surface area contributed by atoms with Crippen molar-refractivity contribution < 1.29 is 9.59 Å². The van der Waals surface area contributed by atoms with E-state index >= 15 is 0 Å². The molecule has 2 amide bonds. The Kier molecular flexibility index (Phi) is 8.83. The highest BCUT2D eigenvalue weighted by molar-refractivity contribution is 7.99. The number of hydrogen-bond donors (Lipinski definition) is 3. The second kappa shape index (κ2) is 9.22. The summed E-state index contributed by atoms with van der Waals surface area (Å²) in [4.78, 5) is 22.4. The zero-order valence-corrected chi connectivity index (χ0v) is 12.4. The zero-order valence-electron chi connectivity index (χ0n) is 11.5. The Balaban J connectivity index is 3.62. The molecule has 0 heterocycles. The average molecular weight is 275 g/mol. The van der Waals surface area contributed by atoms with E-state index in [1.165, 1.54) is 0 Å². The third-order valence-corrected chi connectivity index (χ3v) is 3.96. The van der Waals surface area contributed by atoms with Crippen molar-refractivity contribution in [1.82, 2.24) is 10.6 Å². The molecule has 0 aliphatic carbocycles. The van der Waals surface area contributed by atoms with Gasteiger partial charge in [-0.15, -0.1) is 0 Å². The lowest BCUT2D eigenvalue weighted by molar-refractivity contribution is -0.124. The van der Waals surface area contributed by atoms with Gasteiger partial charge in [-0.3, -0.25) is 9.59 Å². The molecule has 0 rings (SSSR count). The first-order valence-electron chi connectivity index (χ1n) is 6.29. The van der Waals surface area contributed by atoms with Gasteiger partial charge in [-0.2, -0.15) is 11.8 Å². The van der Waals surface area contributed by atoms with Crippen LogP contribution in [0.15, 0.2) is 0 Å². The highest BCUT2D eigenvalue weighted by atomic mass is 32.2. The van der Waals surface area contributed by atoms with Crippen molar-refractivity contribution in [1.29, 1.82) is 0 Å². The fourth-order valence-corrected chi connectivity index (χ4v) is 2.31. The van der Waals surface area contributed by atoms with Crippen LogP contribution in [-0.2, 0) is 9.59 Å². The first-order valence-corrected chi connectivity index (χ1v) is 7.45. The number of primary amides is 1. The summed E-state index contributed by atoms with van der Waals surface area (Å²) < 4.78 is 0. The topological polar surface area (TPSA) is 84.2 Å². The minimum absolute atomic E-state index is 0.0831. The predicted molar refractivity (Wildman–Crippen MR) is 76.5 cm³/mol. The fraction of sp³-hybridized carbons (Fsp3) is 0.833. The van der Waals surface area contributed by atoms with Crippen LogP contribution in [0, 0.1) is 0 Å². The van der Waals surface area contributed by atoms with E-state index in [1.807, 2.05) is 13.8 Å². The monoisotopic (exact) mass is 275 g/mol. The van der Waals surface area contributed by atoms with Crippen LogP contribution in [0.2, 0.25) is 0 Å². The molecule has 0 saturated heterocycles. The van der Waals surface area contributed by atoms with Crippen molar-refractivity contribution in [2.45, 2.75) is 38.6 Å². The van der Waals surface area contributed by atoms with Crippen LogP contribution in [-0.4, -0.2) is 42.5 Å². The molecule has 0 radical (unpaired) electrons. The summed E-state index contributed by atoms with van der Waals surface area (Å²) in [6.07, 6.45) is 2.62. The summed E-state index contributed by atoms with van der Waals surface area (Å²) in [6, 6.07) is 0. The number of carbonyl (C=O) groups is 2. The Morgan fingerprint density at radius 3 is 2.50 bits per heavy atom. The van der Waals surface area contributed by atoms with Gasteiger partial charge in [-0.1, -0.05) is 6.42 Å². The van der Waals surface area contributed by atoms with Gasteiger partial charge in [0.1, 0.15) is 0 Å². The van der Waals surface area contributed by atoms with Crippen molar-refractivity contribution in [2.24, 2.45) is 5.73 Å². The molecule has 0 saturated carbocycles. The van der Waals surface area contributed by atoms with Gasteiger partial charge < -0.3 is 16.4 Å². The minimum Gasteiger partial charge on any atom is -0.368 e. The van der Waals surface area contributed by atoms with Crippen LogP contribution >= 0.6 is 11.8 Å². The molecule has 1 unspecified atom stereocenters. The van der Waals surface area contributed by atoms with E-state index in [-0.39, 0.29) is 11.8 Å². The molecule has 0 bridgehead atoms. The van der Waals surface area contributed by atoms with Gasteiger partial charge in [0.15, 0.2) is 0 Å². The number of amides is 2. The molecule has 4 N–H and O–H groups in total. The summed E-state index contributed by atoms with van der Waals surface area (Å²) >= 11 is 1.62. The number of thioether (sulfide) groups is 1. The first kappa shape index (κ1) is 17.2. The highest BCUT2D eigenvalue weighted by Gasteiger charge is 2.27. The van der Waals surface area contributed by atoms with E-state index < -0.39 is 5.54 Å². The van der Waals surface area contributed by atoms with Crippen molar-refractivity contribution >= 4 is 23.6 Å². The fourth-order valence-electron chi connectivity index (χ4n) is 1.47. The van der Waals surface area contributed by atoms with Crippen LogP contribution in [0.3, 0.4) is 0 Å². The Morgan fingerprint density at radius 2 is 2.00 bits per heavy atom. The Morgan fingerprint density at radius 1 is 1.33 bits per heavy atom. The maximum atomic E-state index is 11.2. The molecule has 0 aliphatic heterocycles. The lowest BCUT2D eigenvalue weighted by Crippen LogP contribution is -2.51. The van der Waals surface area contributed by atoms with Crippen molar-refractivity contribution in [2.75, 3.05) is 25.1 Å². The van der Waals surface area contributed by atoms with Gasteiger partial charge >= 0.3 is 0 Å². The quantitative estimate of drug-likeness (QED) is 0.507. The molecule has 0 aromatic rings. The van der Waals surface area contributed by atoms with Crippen LogP contribution in [0.1, 0.15) is 33.1 Å². The van der Waals surface area contributed by atoms with E-state index in [1.54, 1.807) is 18.8 Å². The average Bonchev–Trinajstić information content (AvgIpc) is 2.33. The number of unbranched alkanes of at least 4 members (excludes halogenated alkanes) is 1. The number of rotatable bonds is 10. The van der Waals surface area contributed by atoms with Gasteiger partial charge in [0, 0.05) is 6.54 Å². The summed E-state index contributed by atoms with van der Waals surface area (Å²) in [5.41, 5.74) is 4.72. The number of likely N-dealkylation sites (N-methyl/N-ethyl adjacent to an activating group) is 1. The summed E-state index contributed by atoms with van der Waals surface area (Å²) in [6.45, 7) is 4.40. The lowest BCUT2D eigenvalue weighted by atomic mass is 9.94. The molecule has 5 nitrogen and oxygen atoms in total. The maximum absolute atomic E-state index is 11.2. The predicted octanol–water partition coefficient (Wildman–Crippen LogP) is 0.489. The SMILES string of the molecule is CCNC(=O)CSCCCCC(C)(NC)C(N)=O. The second-order valence-electron chi connectivity index (χ2n) is 4.41. The van der Waals surface area contributed by atoms with Crippen LogP contribution in [0.5, 0.6) is 0 Å². The summed E-state index contributed by atoms with van der Waals surface area (Å²) in [5, 5.41) is 5.71. The van der Waals surface area contributed by atoms with E-state index in [4.69, 9.17) is 5.73 Å². The van der Waals surface area contributed by atoms with Crippen molar-refractivity contribution in [3.8, 4) is 0 Å². The van der Waals surface area contributed by atoms with Crippen molar-refractivity contribution in [3.05, 3.63) is 0 Å². The smallest absolute Gasteiger partial charge is 0.237 e. The maximum Gasteiger partial charge on any atom is 0.237 e. The molecule has 0 spiro atoms. The molecule has 106 valence electrons. The largest absolute Gasteiger partial charge is 0.368 e. The molecular weight excluding hydrogens is 250 g/mol. The van der Waals surface area contributed by atoms with Crippen LogP contribution < -0.4 is 16.4 Å². The minimum atomic E-state index is -0.621.